The van der Waals surface area contributed by atoms with Crippen molar-refractivity contribution in [2.45, 2.75) is 0 Å². The zero-order valence-corrected chi connectivity index (χ0v) is 27.1. The van der Waals surface area contributed by atoms with Gasteiger partial charge in [0.15, 0.2) is 0 Å². The second-order valence-electron chi connectivity index (χ2n) is 8.97. The van der Waals surface area contributed by atoms with Crippen molar-refractivity contribution in [2.24, 2.45) is 0 Å². The fraction of sp³-hybridized carbons (Fsp3) is 0.114. The predicted octanol–water partition coefficient (Wildman–Crippen LogP) is 7.02. The summed E-state index contributed by atoms with van der Waals surface area (Å²) < 4.78 is 7.50. The summed E-state index contributed by atoms with van der Waals surface area (Å²) in [6.07, 6.45) is 5.00. The Bertz CT molecular complexity index is 1200. The average Bonchev–Trinajstić information content (AvgIpc) is 3.04. The van der Waals surface area contributed by atoms with Crippen molar-refractivity contribution in [3.8, 4) is 0 Å². The first-order valence-electron chi connectivity index (χ1n) is 13.1. The second kappa shape index (κ2) is 18.3. The van der Waals surface area contributed by atoms with Gasteiger partial charge < -0.3 is 0 Å². The molecule has 0 radical (unpaired) electrons. The molecule has 5 aromatic rings. The van der Waals surface area contributed by atoms with E-state index in [0.717, 1.165) is 0 Å². The molecule has 0 fully saturated rings. The van der Waals surface area contributed by atoms with E-state index in [1.807, 2.05) is 0 Å². The Balaban J connectivity index is 0.00000144. The van der Waals surface area contributed by atoms with Crippen LogP contribution in [0.2, 0.25) is 0 Å². The molecule has 40 heavy (non-hydrogen) atoms. The first-order valence-corrected chi connectivity index (χ1v) is 17.9. The molecule has 5 aromatic carbocycles. The maximum atomic E-state index is 7.50. The van der Waals surface area contributed by atoms with Crippen molar-refractivity contribution in [2.75, 3.05) is 24.6 Å². The molecule has 0 aliphatic rings. The van der Waals surface area contributed by atoms with Crippen LogP contribution in [-0.4, -0.2) is 24.6 Å². The van der Waals surface area contributed by atoms with Gasteiger partial charge in [-0.05, 0) is 67.0 Å². The van der Waals surface area contributed by atoms with E-state index in [9.17, 15) is 0 Å². The monoisotopic (exact) mass is 660 g/mol. The Hall–Kier alpha value is -2.18. The summed E-state index contributed by atoms with van der Waals surface area (Å²) in [5, 5.41) is 7.50. The minimum absolute atomic E-state index is 0. The van der Waals surface area contributed by atoms with Crippen LogP contribution in [0, 0.1) is 6.65 Å². The van der Waals surface area contributed by atoms with E-state index in [0.29, 0.717) is 0 Å². The molecule has 1 nitrogen and oxygen atoms in total. The van der Waals surface area contributed by atoms with Crippen molar-refractivity contribution in [3.63, 3.8) is 0 Å². The van der Waals surface area contributed by atoms with Crippen LogP contribution in [0.15, 0.2) is 152 Å². The van der Waals surface area contributed by atoms with Gasteiger partial charge >= 0.3 is 11.3 Å². The van der Waals surface area contributed by atoms with Crippen LogP contribution >= 0.6 is 23.8 Å². The van der Waals surface area contributed by atoms with Crippen molar-refractivity contribution < 1.29 is 25.7 Å². The Kier molecular flexibility index (Phi) is 14.8. The van der Waals surface area contributed by atoms with E-state index in [1.165, 1.54) is 45.9 Å². The van der Waals surface area contributed by atoms with Crippen molar-refractivity contribution in [3.05, 3.63) is 158 Å². The molecule has 0 unspecified atom stereocenters. The summed E-state index contributed by atoms with van der Waals surface area (Å²) in [6, 6.07) is 56.0. The standard InChI is InChI=1S/C34H33P3.CO.Mo/c1-6-16-30(17-7-1)35(26-28-36(31-18-8-2-9-19-31)32-20-10-3-11-21-32)27-29-37(33-22-12-4-13-23-33)34-24-14-5-15-25-34;1-2;/h1-25H,26-29H2;;. The molecule has 0 amide bonds. The first kappa shape index (κ1) is 32.3. The molecular weight excluding hydrogens is 625 g/mol. The van der Waals surface area contributed by atoms with Crippen LogP contribution in [0.3, 0.4) is 0 Å². The van der Waals surface area contributed by atoms with Gasteiger partial charge in [-0.3, -0.25) is 0 Å². The molecule has 0 bridgehead atoms. The Labute approximate surface area is 257 Å². The molecule has 5 rings (SSSR count). The number of rotatable bonds is 11. The van der Waals surface area contributed by atoms with Gasteiger partial charge in [-0.1, -0.05) is 160 Å². The molecule has 0 spiro atoms. The fourth-order valence-electron chi connectivity index (χ4n) is 4.70. The molecule has 0 aromatic heterocycles. The summed E-state index contributed by atoms with van der Waals surface area (Å²) in [6.45, 7) is 4.50. The third-order valence-electron chi connectivity index (χ3n) is 6.58. The summed E-state index contributed by atoms with van der Waals surface area (Å²) in [5.41, 5.74) is 0. The van der Waals surface area contributed by atoms with E-state index < -0.39 is 0 Å². The van der Waals surface area contributed by atoms with Crippen LogP contribution < -0.4 is 26.5 Å². The van der Waals surface area contributed by atoms with Gasteiger partial charge in [-0.15, -0.1) is 0 Å². The molecule has 0 aliphatic heterocycles. The van der Waals surface area contributed by atoms with Gasteiger partial charge in [-0.2, -0.15) is 0 Å². The molecular formula is C35H33MoOP3. The molecule has 0 N–H and O–H groups in total. The van der Waals surface area contributed by atoms with Gasteiger partial charge in [0.25, 0.3) is 0 Å². The van der Waals surface area contributed by atoms with E-state index in [1.54, 1.807) is 5.30 Å². The Morgan fingerprint density at radius 1 is 0.350 bits per heavy atom. The van der Waals surface area contributed by atoms with Crippen molar-refractivity contribution >= 4 is 50.3 Å². The quantitative estimate of drug-likeness (QED) is 0.0630. The summed E-state index contributed by atoms with van der Waals surface area (Å²) in [7, 11) is -0.982. The van der Waals surface area contributed by atoms with E-state index >= 15 is 0 Å². The third kappa shape index (κ3) is 9.44. The molecule has 0 atom stereocenters. The predicted molar refractivity (Wildman–Crippen MR) is 175 cm³/mol. The second-order valence-corrected chi connectivity index (χ2v) is 16.1. The van der Waals surface area contributed by atoms with Crippen LogP contribution in [0.4, 0.5) is 0 Å². The smallest absolute Gasteiger partial charge is 0 e. The average molecular weight is 659 g/mol. The van der Waals surface area contributed by atoms with Crippen molar-refractivity contribution in [1.82, 2.24) is 0 Å². The molecule has 200 valence electrons. The van der Waals surface area contributed by atoms with Gasteiger partial charge in [0.2, 0.25) is 0 Å². The minimum Gasteiger partial charge on any atom is -0.0746 e. The maximum absolute atomic E-state index is 7.50. The number of benzene rings is 5. The maximum Gasteiger partial charge on any atom is 0 e. The zero-order chi connectivity index (χ0) is 27.1. The minimum atomic E-state index is -0.366. The van der Waals surface area contributed by atoms with Gasteiger partial charge in [0.1, 0.15) is 0 Å². The summed E-state index contributed by atoms with van der Waals surface area (Å²) >= 11 is 0. The molecule has 0 heterocycles. The normalized spacial score (nSPS) is 10.5. The molecule has 5 heteroatoms. The molecule has 0 saturated heterocycles. The molecule has 0 aliphatic carbocycles. The number of hydrogen-bond donors (Lipinski definition) is 0. The topological polar surface area (TPSA) is 19.9 Å². The van der Waals surface area contributed by atoms with Crippen LogP contribution in [-0.2, 0) is 25.7 Å². The van der Waals surface area contributed by atoms with Gasteiger partial charge in [0, 0.05) is 21.1 Å². The number of hydrogen-bond acceptors (Lipinski definition) is 0. The Morgan fingerprint density at radius 3 is 0.825 bits per heavy atom. The summed E-state index contributed by atoms with van der Waals surface area (Å²) in [5.74, 6) is 0. The largest absolute Gasteiger partial charge is 0.0746 e. The van der Waals surface area contributed by atoms with Crippen LogP contribution in [0.1, 0.15) is 0 Å². The zero-order valence-electron chi connectivity index (χ0n) is 22.4. The van der Waals surface area contributed by atoms with Crippen LogP contribution in [0.5, 0.6) is 0 Å². The third-order valence-corrected chi connectivity index (χ3v) is 14.9. The van der Waals surface area contributed by atoms with E-state index in [2.05, 4.69) is 158 Å². The molecule has 0 saturated carbocycles. The van der Waals surface area contributed by atoms with Crippen LogP contribution in [0.25, 0.3) is 0 Å². The summed E-state index contributed by atoms with van der Waals surface area (Å²) in [4.78, 5) is 0. The Morgan fingerprint density at radius 2 is 0.575 bits per heavy atom. The van der Waals surface area contributed by atoms with Gasteiger partial charge in [-0.25, -0.2) is 0 Å². The van der Waals surface area contributed by atoms with Crippen molar-refractivity contribution in [1.29, 1.82) is 0 Å². The van der Waals surface area contributed by atoms with E-state index in [4.69, 9.17) is 4.65 Å². The SMILES string of the molecule is [C-]#[O+].[Mo].c1ccc(P(CCP(c2ccccc2)c2ccccc2)CCP(c2ccccc2)c2ccccc2)cc1. The van der Waals surface area contributed by atoms with E-state index in [-0.39, 0.29) is 44.8 Å². The first-order chi connectivity index (χ1) is 19.4. The fourth-order valence-corrected chi connectivity index (χ4v) is 13.3. The van der Waals surface area contributed by atoms with Gasteiger partial charge in [0.05, 0.1) is 0 Å².